The minimum atomic E-state index is 0.0607. The van der Waals surface area contributed by atoms with Crippen LogP contribution in [0.3, 0.4) is 0 Å². The highest BCUT2D eigenvalue weighted by Gasteiger charge is 2.10. The molecule has 0 aliphatic rings. The fourth-order valence-corrected chi connectivity index (χ4v) is 1.47. The number of rotatable bonds is 4. The Balaban J connectivity index is 2.75. The smallest absolute Gasteiger partial charge is 0.103 e. The van der Waals surface area contributed by atoms with Crippen molar-refractivity contribution in [1.29, 1.82) is 5.26 Å². The van der Waals surface area contributed by atoms with E-state index in [2.05, 4.69) is 25.2 Å². The van der Waals surface area contributed by atoms with Gasteiger partial charge < -0.3 is 11.1 Å². The van der Waals surface area contributed by atoms with Crippen molar-refractivity contribution in [3.05, 3.63) is 28.8 Å². The summed E-state index contributed by atoms with van der Waals surface area (Å²) < 4.78 is 0. The van der Waals surface area contributed by atoms with Gasteiger partial charge in [0.25, 0.3) is 0 Å². The molecule has 1 atom stereocenters. The number of nitrogens with zero attached hydrogens (tertiary/aromatic N) is 1. The van der Waals surface area contributed by atoms with Gasteiger partial charge in [-0.15, -0.1) is 0 Å². The van der Waals surface area contributed by atoms with Crippen molar-refractivity contribution in [2.45, 2.75) is 19.9 Å². The van der Waals surface area contributed by atoms with Crippen LogP contribution in [-0.4, -0.2) is 12.6 Å². The molecule has 1 rings (SSSR count). The van der Waals surface area contributed by atoms with Gasteiger partial charge >= 0.3 is 0 Å². The molecule has 16 heavy (non-hydrogen) atoms. The van der Waals surface area contributed by atoms with Crippen LogP contribution in [-0.2, 0) is 0 Å². The molecule has 0 aromatic heterocycles. The van der Waals surface area contributed by atoms with Gasteiger partial charge in [-0.2, -0.15) is 5.26 Å². The summed E-state index contributed by atoms with van der Waals surface area (Å²) in [5.41, 5.74) is 7.13. The van der Waals surface area contributed by atoms with Gasteiger partial charge in [-0.1, -0.05) is 31.5 Å². The first kappa shape index (κ1) is 12.8. The van der Waals surface area contributed by atoms with E-state index in [4.69, 9.17) is 22.6 Å². The van der Waals surface area contributed by atoms with Gasteiger partial charge in [0.2, 0.25) is 0 Å². The van der Waals surface area contributed by atoms with Crippen LogP contribution in [0.5, 0.6) is 0 Å². The molecule has 3 N–H and O–H groups in total. The lowest BCUT2D eigenvalue weighted by atomic mass is 10.1. The van der Waals surface area contributed by atoms with Crippen LogP contribution in [0.1, 0.15) is 19.4 Å². The van der Waals surface area contributed by atoms with E-state index < -0.39 is 0 Å². The zero-order valence-electron chi connectivity index (χ0n) is 9.50. The molecule has 0 bridgehead atoms. The van der Waals surface area contributed by atoms with E-state index in [-0.39, 0.29) is 6.04 Å². The molecule has 0 saturated carbocycles. The Kier molecular flexibility index (Phi) is 4.60. The zero-order valence-corrected chi connectivity index (χ0v) is 10.3. The molecule has 1 aromatic rings. The highest BCUT2D eigenvalue weighted by atomic mass is 35.5. The van der Waals surface area contributed by atoms with E-state index >= 15 is 0 Å². The summed E-state index contributed by atoms with van der Waals surface area (Å²) in [6.45, 7) is 4.76. The molecule has 4 heteroatoms. The SMILES string of the molecule is CC(C)C(N)CNc1cccc(Cl)c1C#N. The molecule has 0 aliphatic heterocycles. The summed E-state index contributed by atoms with van der Waals surface area (Å²) in [5, 5.41) is 12.6. The Morgan fingerprint density at radius 3 is 2.75 bits per heavy atom. The maximum atomic E-state index is 8.97. The molecule has 0 radical (unpaired) electrons. The van der Waals surface area contributed by atoms with Crippen molar-refractivity contribution in [3.8, 4) is 6.07 Å². The number of nitrogens with one attached hydrogen (secondary N) is 1. The second-order valence-electron chi connectivity index (χ2n) is 4.06. The Hall–Kier alpha value is -1.24. The maximum absolute atomic E-state index is 8.97. The quantitative estimate of drug-likeness (QED) is 0.846. The number of hydrogen-bond donors (Lipinski definition) is 2. The van der Waals surface area contributed by atoms with E-state index in [0.29, 0.717) is 23.0 Å². The van der Waals surface area contributed by atoms with Gasteiger partial charge in [-0.05, 0) is 18.1 Å². The largest absolute Gasteiger partial charge is 0.382 e. The standard InChI is InChI=1S/C12H16ClN3/c1-8(2)11(15)7-16-12-5-3-4-10(13)9(12)6-14/h3-5,8,11,16H,7,15H2,1-2H3. The molecule has 3 nitrogen and oxygen atoms in total. The van der Waals surface area contributed by atoms with Gasteiger partial charge in [0.1, 0.15) is 6.07 Å². The Morgan fingerprint density at radius 1 is 1.50 bits per heavy atom. The third kappa shape index (κ3) is 3.13. The Morgan fingerprint density at radius 2 is 2.19 bits per heavy atom. The van der Waals surface area contributed by atoms with Crippen molar-refractivity contribution in [2.75, 3.05) is 11.9 Å². The van der Waals surface area contributed by atoms with Crippen molar-refractivity contribution in [3.63, 3.8) is 0 Å². The number of nitrogens with two attached hydrogens (primary N) is 1. The minimum absolute atomic E-state index is 0.0607. The summed E-state index contributed by atoms with van der Waals surface area (Å²) in [5.74, 6) is 0.400. The fraction of sp³-hybridized carbons (Fsp3) is 0.417. The molecular formula is C12H16ClN3. The summed E-state index contributed by atoms with van der Waals surface area (Å²) >= 11 is 5.91. The summed E-state index contributed by atoms with van der Waals surface area (Å²) in [6, 6.07) is 7.49. The topological polar surface area (TPSA) is 61.8 Å². The Labute approximate surface area is 101 Å². The van der Waals surface area contributed by atoms with Gasteiger partial charge in [0.05, 0.1) is 16.3 Å². The van der Waals surface area contributed by atoms with Crippen LogP contribution in [0.2, 0.25) is 5.02 Å². The molecule has 0 aliphatic carbocycles. The zero-order chi connectivity index (χ0) is 12.1. The number of anilines is 1. The summed E-state index contributed by atoms with van der Waals surface area (Å²) in [7, 11) is 0. The molecule has 1 aromatic carbocycles. The highest BCUT2D eigenvalue weighted by molar-refractivity contribution is 6.32. The lowest BCUT2D eigenvalue weighted by Gasteiger charge is -2.17. The van der Waals surface area contributed by atoms with E-state index in [0.717, 1.165) is 5.69 Å². The fourth-order valence-electron chi connectivity index (χ4n) is 1.25. The normalized spacial score (nSPS) is 12.2. The van der Waals surface area contributed by atoms with Crippen molar-refractivity contribution >= 4 is 17.3 Å². The molecule has 0 heterocycles. The van der Waals surface area contributed by atoms with Gasteiger partial charge in [0.15, 0.2) is 0 Å². The second kappa shape index (κ2) is 5.74. The van der Waals surface area contributed by atoms with Crippen LogP contribution >= 0.6 is 11.6 Å². The average Bonchev–Trinajstić information content (AvgIpc) is 2.25. The third-order valence-corrected chi connectivity index (χ3v) is 2.82. The predicted molar refractivity (Wildman–Crippen MR) is 67.5 cm³/mol. The second-order valence-corrected chi connectivity index (χ2v) is 4.47. The molecular weight excluding hydrogens is 222 g/mol. The number of halogens is 1. The third-order valence-electron chi connectivity index (χ3n) is 2.51. The maximum Gasteiger partial charge on any atom is 0.103 e. The van der Waals surface area contributed by atoms with Crippen LogP contribution in [0, 0.1) is 17.2 Å². The number of benzene rings is 1. The first-order chi connectivity index (χ1) is 7.56. The highest BCUT2D eigenvalue weighted by Crippen LogP contribution is 2.23. The van der Waals surface area contributed by atoms with E-state index in [1.54, 1.807) is 6.07 Å². The van der Waals surface area contributed by atoms with E-state index in [1.807, 2.05) is 12.1 Å². The average molecular weight is 238 g/mol. The first-order valence-corrected chi connectivity index (χ1v) is 5.62. The lowest BCUT2D eigenvalue weighted by molar-refractivity contribution is 0.511. The summed E-state index contributed by atoms with van der Waals surface area (Å²) in [4.78, 5) is 0. The van der Waals surface area contributed by atoms with Crippen molar-refractivity contribution in [1.82, 2.24) is 0 Å². The van der Waals surface area contributed by atoms with Crippen molar-refractivity contribution < 1.29 is 0 Å². The molecule has 0 fully saturated rings. The van der Waals surface area contributed by atoms with Gasteiger partial charge in [-0.25, -0.2) is 0 Å². The predicted octanol–water partition coefficient (Wildman–Crippen LogP) is 2.61. The molecule has 0 saturated heterocycles. The lowest BCUT2D eigenvalue weighted by Crippen LogP contribution is -2.34. The molecule has 0 amide bonds. The van der Waals surface area contributed by atoms with Crippen LogP contribution in [0.4, 0.5) is 5.69 Å². The minimum Gasteiger partial charge on any atom is -0.382 e. The van der Waals surface area contributed by atoms with Gasteiger partial charge in [0, 0.05) is 12.6 Å². The molecule has 0 spiro atoms. The van der Waals surface area contributed by atoms with Crippen LogP contribution < -0.4 is 11.1 Å². The molecule has 1 unspecified atom stereocenters. The van der Waals surface area contributed by atoms with E-state index in [9.17, 15) is 0 Å². The van der Waals surface area contributed by atoms with Crippen LogP contribution in [0.15, 0.2) is 18.2 Å². The first-order valence-electron chi connectivity index (χ1n) is 5.24. The summed E-state index contributed by atoms with van der Waals surface area (Å²) in [6.07, 6.45) is 0. The van der Waals surface area contributed by atoms with Gasteiger partial charge in [-0.3, -0.25) is 0 Å². The number of hydrogen-bond acceptors (Lipinski definition) is 3. The monoisotopic (exact) mass is 237 g/mol. The van der Waals surface area contributed by atoms with Crippen molar-refractivity contribution in [2.24, 2.45) is 11.7 Å². The van der Waals surface area contributed by atoms with E-state index in [1.165, 1.54) is 0 Å². The number of nitriles is 1. The Bertz CT molecular complexity index is 396. The molecule has 86 valence electrons. The van der Waals surface area contributed by atoms with Crippen LogP contribution in [0.25, 0.3) is 0 Å².